The fourth-order valence-corrected chi connectivity index (χ4v) is 2.55. The molecule has 1 N–H and O–H groups in total. The van der Waals surface area contributed by atoms with Gasteiger partial charge in [-0.2, -0.15) is 0 Å². The number of ketones is 1. The summed E-state index contributed by atoms with van der Waals surface area (Å²) in [6.45, 7) is 0. The molecule has 2 aromatic rings. The van der Waals surface area contributed by atoms with Crippen LogP contribution in [-0.4, -0.2) is 21.4 Å². The highest BCUT2D eigenvalue weighted by Gasteiger charge is 2.14. The van der Waals surface area contributed by atoms with E-state index in [0.717, 1.165) is 4.90 Å². The van der Waals surface area contributed by atoms with Gasteiger partial charge in [-0.15, -0.1) is 11.8 Å². The minimum absolute atomic E-state index is 0.119. The van der Waals surface area contributed by atoms with Crippen LogP contribution in [-0.2, 0) is 0 Å². The van der Waals surface area contributed by atoms with Crippen LogP contribution in [0.15, 0.2) is 41.4 Å². The van der Waals surface area contributed by atoms with Crippen LogP contribution in [0.1, 0.15) is 10.5 Å². The number of H-pyrrole nitrogens is 1. The molecule has 0 fully saturated rings. The number of nitro groups is 1. The molecule has 0 radical (unpaired) electrons. The predicted molar refractivity (Wildman–Crippen MR) is 74.0 cm³/mol. The lowest BCUT2D eigenvalue weighted by Gasteiger charge is -2.02. The van der Waals surface area contributed by atoms with Gasteiger partial charge in [0.2, 0.25) is 0 Å². The number of hydrogen-bond donors (Lipinski definition) is 1. The minimum Gasteiger partial charge on any atom is -0.353 e. The van der Waals surface area contributed by atoms with E-state index in [9.17, 15) is 14.9 Å². The highest BCUT2D eigenvalue weighted by atomic mass is 35.5. The molecule has 0 atom stereocenters. The Labute approximate surface area is 118 Å². The molecule has 1 heterocycles. The normalized spacial score (nSPS) is 10.4. The number of hydrogen-bond acceptors (Lipinski definition) is 4. The van der Waals surface area contributed by atoms with Gasteiger partial charge in [0.1, 0.15) is 0 Å². The largest absolute Gasteiger partial charge is 0.353 e. The fraction of sp³-hybridized carbons (Fsp3) is 0.0833. The van der Waals surface area contributed by atoms with Gasteiger partial charge in [-0.05, 0) is 12.1 Å². The summed E-state index contributed by atoms with van der Waals surface area (Å²) in [7, 11) is 0. The first kappa shape index (κ1) is 13.6. The number of nitrogens with one attached hydrogen (secondary N) is 1. The predicted octanol–water partition coefficient (Wildman–Crippen LogP) is 3.55. The molecule has 0 unspecified atom stereocenters. The van der Waals surface area contributed by atoms with E-state index in [4.69, 9.17) is 11.6 Å². The summed E-state index contributed by atoms with van der Waals surface area (Å²) in [6.07, 6.45) is 1.20. The fourth-order valence-electron chi connectivity index (χ4n) is 1.43. The van der Waals surface area contributed by atoms with Crippen molar-refractivity contribution in [3.63, 3.8) is 0 Å². The van der Waals surface area contributed by atoms with E-state index in [-0.39, 0.29) is 22.9 Å². The van der Waals surface area contributed by atoms with Crippen molar-refractivity contribution in [2.75, 3.05) is 5.75 Å². The number of Topliss-reactive ketones (excluding diaryl/α,β-unsaturated/α-hetero) is 1. The van der Waals surface area contributed by atoms with Gasteiger partial charge < -0.3 is 4.98 Å². The van der Waals surface area contributed by atoms with Gasteiger partial charge in [0.25, 0.3) is 5.69 Å². The second-order valence-corrected chi connectivity index (χ2v) is 5.10. The molecule has 98 valence electrons. The van der Waals surface area contributed by atoms with Gasteiger partial charge in [-0.1, -0.05) is 23.7 Å². The summed E-state index contributed by atoms with van der Waals surface area (Å²) >= 11 is 7.27. The number of rotatable bonds is 5. The molecular weight excluding hydrogens is 288 g/mol. The average molecular weight is 297 g/mol. The van der Waals surface area contributed by atoms with Crippen LogP contribution in [0.3, 0.4) is 0 Å². The number of carbonyl (C=O) groups excluding carboxylic acids is 1. The summed E-state index contributed by atoms with van der Waals surface area (Å²) in [6, 6.07) is 8.43. The maximum Gasteiger partial charge on any atom is 0.287 e. The Morgan fingerprint density at radius 1 is 1.42 bits per heavy atom. The number of thioether (sulfide) groups is 1. The van der Waals surface area contributed by atoms with Gasteiger partial charge >= 0.3 is 0 Å². The lowest BCUT2D eigenvalue weighted by Crippen LogP contribution is -2.02. The highest BCUT2D eigenvalue weighted by Crippen LogP contribution is 2.27. The lowest BCUT2D eigenvalue weighted by atomic mass is 10.3. The molecule has 0 saturated heterocycles. The van der Waals surface area contributed by atoms with E-state index in [1.807, 2.05) is 18.2 Å². The minimum atomic E-state index is -0.547. The first-order valence-corrected chi connectivity index (χ1v) is 6.67. The van der Waals surface area contributed by atoms with E-state index in [1.54, 1.807) is 6.07 Å². The third kappa shape index (κ3) is 3.36. The number of benzene rings is 1. The molecule has 19 heavy (non-hydrogen) atoms. The number of aromatic amines is 1. The van der Waals surface area contributed by atoms with Crippen molar-refractivity contribution in [2.45, 2.75) is 4.90 Å². The van der Waals surface area contributed by atoms with Crippen molar-refractivity contribution in [1.82, 2.24) is 4.98 Å². The zero-order valence-corrected chi connectivity index (χ0v) is 11.2. The Balaban J connectivity index is 2.01. The van der Waals surface area contributed by atoms with Crippen LogP contribution in [0.4, 0.5) is 5.69 Å². The summed E-state index contributed by atoms with van der Waals surface area (Å²) < 4.78 is 0. The second kappa shape index (κ2) is 5.90. The number of carbonyl (C=O) groups is 1. The Morgan fingerprint density at radius 3 is 2.79 bits per heavy atom. The highest BCUT2D eigenvalue weighted by molar-refractivity contribution is 8.00. The van der Waals surface area contributed by atoms with Crippen molar-refractivity contribution < 1.29 is 9.72 Å². The van der Waals surface area contributed by atoms with Gasteiger partial charge in [0, 0.05) is 11.0 Å². The summed E-state index contributed by atoms with van der Waals surface area (Å²) in [5, 5.41) is 11.1. The number of nitrogens with zero attached hydrogens (tertiary/aromatic N) is 1. The van der Waals surface area contributed by atoms with Crippen LogP contribution >= 0.6 is 23.4 Å². The van der Waals surface area contributed by atoms with Crippen molar-refractivity contribution in [3.05, 3.63) is 57.4 Å². The molecule has 1 aromatic heterocycles. The van der Waals surface area contributed by atoms with E-state index in [0.29, 0.717) is 5.02 Å². The van der Waals surface area contributed by atoms with Crippen LogP contribution in [0.25, 0.3) is 0 Å². The molecule has 0 amide bonds. The quantitative estimate of drug-likeness (QED) is 0.396. The maximum absolute atomic E-state index is 11.8. The Bertz CT molecular complexity index is 627. The summed E-state index contributed by atoms with van der Waals surface area (Å²) in [4.78, 5) is 25.2. The number of aromatic nitrogens is 1. The van der Waals surface area contributed by atoms with E-state index >= 15 is 0 Å². The molecule has 1 aromatic carbocycles. The average Bonchev–Trinajstić information content (AvgIpc) is 2.87. The maximum atomic E-state index is 11.8. The standard InChI is InChI=1S/C12H9ClN2O3S/c13-9-3-1-2-4-12(9)19-7-11(16)10-5-8(6-14-10)15(17)18/h1-6,14H,7H2. The smallest absolute Gasteiger partial charge is 0.287 e. The molecule has 0 aliphatic rings. The van der Waals surface area contributed by atoms with Gasteiger partial charge in [0.05, 0.1) is 27.6 Å². The Hall–Kier alpha value is -1.79. The molecular formula is C12H9ClN2O3S. The van der Waals surface area contributed by atoms with Crippen molar-refractivity contribution in [1.29, 1.82) is 0 Å². The third-order valence-corrected chi connectivity index (χ3v) is 3.89. The van der Waals surface area contributed by atoms with Crippen LogP contribution in [0.5, 0.6) is 0 Å². The van der Waals surface area contributed by atoms with Gasteiger partial charge in [-0.3, -0.25) is 14.9 Å². The molecule has 0 aliphatic heterocycles. The summed E-state index contributed by atoms with van der Waals surface area (Å²) in [5.74, 6) is -0.0421. The van der Waals surface area contributed by atoms with Crippen molar-refractivity contribution in [2.24, 2.45) is 0 Å². The zero-order valence-electron chi connectivity index (χ0n) is 9.63. The van der Waals surface area contributed by atoms with Crippen LogP contribution < -0.4 is 0 Å². The van der Waals surface area contributed by atoms with Crippen molar-refractivity contribution in [3.8, 4) is 0 Å². The van der Waals surface area contributed by atoms with E-state index in [2.05, 4.69) is 4.98 Å². The number of halogens is 1. The van der Waals surface area contributed by atoms with E-state index in [1.165, 1.54) is 24.0 Å². The van der Waals surface area contributed by atoms with Gasteiger partial charge in [-0.25, -0.2) is 0 Å². The Morgan fingerprint density at radius 2 is 2.16 bits per heavy atom. The topological polar surface area (TPSA) is 76.0 Å². The molecule has 0 aliphatic carbocycles. The zero-order chi connectivity index (χ0) is 13.8. The molecule has 2 rings (SSSR count). The lowest BCUT2D eigenvalue weighted by molar-refractivity contribution is -0.384. The summed E-state index contributed by atoms with van der Waals surface area (Å²) in [5.41, 5.74) is 0.109. The monoisotopic (exact) mass is 296 g/mol. The third-order valence-electron chi connectivity index (χ3n) is 2.37. The molecule has 0 saturated carbocycles. The SMILES string of the molecule is O=C(CSc1ccccc1Cl)c1cc([N+](=O)[O-])c[nH]1. The molecule has 0 spiro atoms. The Kier molecular flexibility index (Phi) is 4.24. The second-order valence-electron chi connectivity index (χ2n) is 3.67. The van der Waals surface area contributed by atoms with E-state index < -0.39 is 4.92 Å². The van der Waals surface area contributed by atoms with Crippen LogP contribution in [0, 0.1) is 10.1 Å². The molecule has 0 bridgehead atoms. The molecule has 5 nitrogen and oxygen atoms in total. The molecule has 7 heteroatoms. The van der Waals surface area contributed by atoms with Gasteiger partial charge in [0.15, 0.2) is 5.78 Å². The van der Waals surface area contributed by atoms with Crippen LogP contribution in [0.2, 0.25) is 5.02 Å². The first-order valence-electron chi connectivity index (χ1n) is 5.31. The van der Waals surface area contributed by atoms with Crippen molar-refractivity contribution >= 4 is 34.8 Å². The first-order chi connectivity index (χ1) is 9.08.